The van der Waals surface area contributed by atoms with Gasteiger partial charge in [0.2, 0.25) is 10.0 Å². The fourth-order valence-electron chi connectivity index (χ4n) is 1.10. The van der Waals surface area contributed by atoms with Crippen molar-refractivity contribution in [2.75, 3.05) is 23.3 Å². The molecular formula is C9H14N4O3S. The number of sulfonamides is 1. The molecule has 17 heavy (non-hydrogen) atoms. The van der Waals surface area contributed by atoms with Gasteiger partial charge >= 0.3 is 6.03 Å². The van der Waals surface area contributed by atoms with Crippen molar-refractivity contribution < 1.29 is 13.2 Å². The maximum atomic E-state index is 11.3. The smallest absolute Gasteiger partial charge is 0.319 e. The highest BCUT2D eigenvalue weighted by Crippen LogP contribution is 2.11. The lowest BCUT2D eigenvalue weighted by atomic mass is 10.3. The molecule has 0 aliphatic carbocycles. The fourth-order valence-corrected chi connectivity index (χ4v) is 1.49. The SMILES string of the molecule is Nc1cccc(NC(=O)NCCS(N)(=O)=O)c1. The number of rotatable bonds is 4. The number of carbonyl (C=O) groups is 1. The van der Waals surface area contributed by atoms with E-state index in [9.17, 15) is 13.2 Å². The number of nitrogens with two attached hydrogens (primary N) is 2. The first kappa shape index (κ1) is 13.3. The quantitative estimate of drug-likeness (QED) is 0.552. The second-order valence-corrected chi connectivity index (χ2v) is 5.11. The molecule has 0 saturated heterocycles. The van der Waals surface area contributed by atoms with Gasteiger partial charge in [0.05, 0.1) is 5.75 Å². The summed E-state index contributed by atoms with van der Waals surface area (Å²) in [6.45, 7) is -0.0486. The molecule has 2 amide bonds. The molecule has 0 atom stereocenters. The van der Waals surface area contributed by atoms with E-state index in [1.54, 1.807) is 24.3 Å². The standard InChI is InChI=1S/C9H14N4O3S/c10-7-2-1-3-8(6-7)13-9(14)12-4-5-17(11,15)16/h1-3,6H,4-5,10H2,(H2,11,15,16)(H2,12,13,14). The van der Waals surface area contributed by atoms with Crippen molar-refractivity contribution in [3.05, 3.63) is 24.3 Å². The summed E-state index contributed by atoms with van der Waals surface area (Å²) in [5.41, 5.74) is 6.57. The van der Waals surface area contributed by atoms with Gasteiger partial charge in [0.25, 0.3) is 0 Å². The molecule has 0 aliphatic rings. The zero-order chi connectivity index (χ0) is 12.9. The van der Waals surface area contributed by atoms with Crippen LogP contribution >= 0.6 is 0 Å². The van der Waals surface area contributed by atoms with E-state index in [0.29, 0.717) is 11.4 Å². The number of primary sulfonamides is 1. The Labute approximate surface area is 99.2 Å². The third-order valence-corrected chi connectivity index (χ3v) is 2.59. The largest absolute Gasteiger partial charge is 0.399 e. The molecular weight excluding hydrogens is 244 g/mol. The highest BCUT2D eigenvalue weighted by molar-refractivity contribution is 7.89. The van der Waals surface area contributed by atoms with Gasteiger partial charge in [-0.3, -0.25) is 0 Å². The number of hydrogen-bond donors (Lipinski definition) is 4. The average Bonchev–Trinajstić information content (AvgIpc) is 2.15. The first-order valence-corrected chi connectivity index (χ1v) is 6.49. The number of benzene rings is 1. The van der Waals surface area contributed by atoms with Gasteiger partial charge < -0.3 is 16.4 Å². The molecule has 0 fully saturated rings. The Morgan fingerprint density at radius 2 is 2.06 bits per heavy atom. The molecule has 7 nitrogen and oxygen atoms in total. The Morgan fingerprint density at radius 1 is 1.35 bits per heavy atom. The monoisotopic (exact) mass is 258 g/mol. The molecule has 0 aliphatic heterocycles. The van der Waals surface area contributed by atoms with Gasteiger partial charge in [-0.2, -0.15) is 0 Å². The molecule has 0 heterocycles. The van der Waals surface area contributed by atoms with Gasteiger partial charge in [0.1, 0.15) is 0 Å². The lowest BCUT2D eigenvalue weighted by Crippen LogP contribution is -2.34. The zero-order valence-electron chi connectivity index (χ0n) is 9.01. The van der Waals surface area contributed by atoms with Crippen molar-refractivity contribution >= 4 is 27.4 Å². The van der Waals surface area contributed by atoms with Gasteiger partial charge in [-0.25, -0.2) is 18.4 Å². The van der Waals surface area contributed by atoms with E-state index >= 15 is 0 Å². The minimum atomic E-state index is -3.56. The summed E-state index contributed by atoms with van der Waals surface area (Å²) in [6.07, 6.45) is 0. The van der Waals surface area contributed by atoms with Gasteiger partial charge in [0, 0.05) is 17.9 Å². The van der Waals surface area contributed by atoms with Crippen LogP contribution in [0.3, 0.4) is 0 Å². The Kier molecular flexibility index (Phi) is 4.30. The average molecular weight is 258 g/mol. The van der Waals surface area contributed by atoms with E-state index in [1.165, 1.54) is 0 Å². The molecule has 1 aromatic rings. The molecule has 0 unspecified atom stereocenters. The summed E-state index contributed by atoms with van der Waals surface area (Å²) in [5.74, 6) is -0.308. The van der Waals surface area contributed by atoms with Crippen molar-refractivity contribution in [1.82, 2.24) is 5.32 Å². The van der Waals surface area contributed by atoms with Crippen molar-refractivity contribution in [3.8, 4) is 0 Å². The van der Waals surface area contributed by atoms with Crippen LogP contribution in [0.15, 0.2) is 24.3 Å². The summed E-state index contributed by atoms with van der Waals surface area (Å²) >= 11 is 0. The molecule has 8 heteroatoms. The van der Waals surface area contributed by atoms with E-state index in [4.69, 9.17) is 10.9 Å². The Hall–Kier alpha value is -1.80. The number of anilines is 2. The van der Waals surface area contributed by atoms with Crippen LogP contribution in [-0.4, -0.2) is 26.7 Å². The van der Waals surface area contributed by atoms with Crippen molar-refractivity contribution in [1.29, 1.82) is 0 Å². The number of nitrogens with one attached hydrogen (secondary N) is 2. The van der Waals surface area contributed by atoms with Crippen LogP contribution in [0.1, 0.15) is 0 Å². The van der Waals surface area contributed by atoms with E-state index in [0.717, 1.165) is 0 Å². The number of hydrogen-bond acceptors (Lipinski definition) is 4. The lowest BCUT2D eigenvalue weighted by molar-refractivity contribution is 0.252. The zero-order valence-corrected chi connectivity index (χ0v) is 9.83. The lowest BCUT2D eigenvalue weighted by Gasteiger charge is -2.07. The topological polar surface area (TPSA) is 127 Å². The van der Waals surface area contributed by atoms with Crippen molar-refractivity contribution in [3.63, 3.8) is 0 Å². The molecule has 6 N–H and O–H groups in total. The van der Waals surface area contributed by atoms with Crippen LogP contribution in [0.5, 0.6) is 0 Å². The van der Waals surface area contributed by atoms with Crippen LogP contribution in [-0.2, 0) is 10.0 Å². The molecule has 1 rings (SSSR count). The Balaban J connectivity index is 2.40. The molecule has 94 valence electrons. The number of nitrogen functional groups attached to an aromatic ring is 1. The summed E-state index contributed by atoms with van der Waals surface area (Å²) in [6, 6.07) is 6.10. The number of urea groups is 1. The first-order chi connectivity index (χ1) is 7.87. The highest BCUT2D eigenvalue weighted by atomic mass is 32.2. The number of carbonyl (C=O) groups excluding carboxylic acids is 1. The second-order valence-electron chi connectivity index (χ2n) is 3.37. The molecule has 0 radical (unpaired) electrons. The highest BCUT2D eigenvalue weighted by Gasteiger charge is 2.05. The summed E-state index contributed by atoms with van der Waals surface area (Å²) < 4.78 is 21.2. The van der Waals surface area contributed by atoms with Crippen molar-refractivity contribution in [2.24, 2.45) is 5.14 Å². The Morgan fingerprint density at radius 3 is 2.65 bits per heavy atom. The predicted octanol–water partition coefficient (Wildman–Crippen LogP) is -0.321. The van der Waals surface area contributed by atoms with E-state index in [-0.39, 0.29) is 12.3 Å². The molecule has 0 saturated carbocycles. The summed E-state index contributed by atoms with van der Waals surface area (Å²) in [7, 11) is -3.56. The van der Waals surface area contributed by atoms with E-state index in [1.807, 2.05) is 0 Å². The van der Waals surface area contributed by atoms with Crippen LogP contribution in [0.4, 0.5) is 16.2 Å². The van der Waals surface area contributed by atoms with Crippen LogP contribution in [0.25, 0.3) is 0 Å². The normalized spacial score (nSPS) is 10.9. The van der Waals surface area contributed by atoms with Crippen LogP contribution in [0, 0.1) is 0 Å². The summed E-state index contributed by atoms with van der Waals surface area (Å²) in [5, 5.41) is 9.64. The molecule has 1 aromatic carbocycles. The van der Waals surface area contributed by atoms with Gasteiger partial charge in [0.15, 0.2) is 0 Å². The van der Waals surface area contributed by atoms with Gasteiger partial charge in [-0.05, 0) is 18.2 Å². The third-order valence-electron chi connectivity index (χ3n) is 1.82. The van der Waals surface area contributed by atoms with E-state index in [2.05, 4.69) is 10.6 Å². The fraction of sp³-hybridized carbons (Fsp3) is 0.222. The van der Waals surface area contributed by atoms with Crippen molar-refractivity contribution in [2.45, 2.75) is 0 Å². The first-order valence-electron chi connectivity index (χ1n) is 4.78. The molecule has 0 aromatic heterocycles. The maximum absolute atomic E-state index is 11.3. The molecule has 0 spiro atoms. The summed E-state index contributed by atoms with van der Waals surface area (Å²) in [4.78, 5) is 11.3. The maximum Gasteiger partial charge on any atom is 0.319 e. The molecule has 0 bridgehead atoms. The minimum Gasteiger partial charge on any atom is -0.399 e. The minimum absolute atomic E-state index is 0.0486. The van der Waals surface area contributed by atoms with Gasteiger partial charge in [-0.15, -0.1) is 0 Å². The Bertz CT molecular complexity index is 501. The van der Waals surface area contributed by atoms with Gasteiger partial charge in [-0.1, -0.05) is 6.07 Å². The van der Waals surface area contributed by atoms with Crippen LogP contribution in [0.2, 0.25) is 0 Å². The second kappa shape index (κ2) is 5.51. The van der Waals surface area contributed by atoms with E-state index < -0.39 is 16.1 Å². The third kappa shape index (κ3) is 5.73. The predicted molar refractivity (Wildman–Crippen MR) is 65.9 cm³/mol. The van der Waals surface area contributed by atoms with Crippen LogP contribution < -0.4 is 21.5 Å². The number of amides is 2.